The molecule has 0 bridgehead atoms. The summed E-state index contributed by atoms with van der Waals surface area (Å²) in [6.45, 7) is 3.47. The molecule has 17 heavy (non-hydrogen) atoms. The lowest BCUT2D eigenvalue weighted by Gasteiger charge is -2.22. The minimum atomic E-state index is -0.198. The predicted octanol–water partition coefficient (Wildman–Crippen LogP) is 1.47. The Balaban J connectivity index is 0.000000202. The number of ether oxygens (including phenoxy) is 1. The summed E-state index contributed by atoms with van der Waals surface area (Å²) in [6, 6.07) is 0.796. The maximum Gasteiger partial charge on any atom is 0.308 e. The van der Waals surface area contributed by atoms with Crippen molar-refractivity contribution < 1.29 is 14.6 Å². The van der Waals surface area contributed by atoms with E-state index in [-0.39, 0.29) is 18.0 Å². The van der Waals surface area contributed by atoms with E-state index in [1.54, 1.807) is 0 Å². The third-order valence-corrected chi connectivity index (χ3v) is 3.54. The molecular formula is C13H25NO3. The van der Waals surface area contributed by atoms with Crippen molar-refractivity contribution in [2.24, 2.45) is 5.92 Å². The third kappa shape index (κ3) is 5.50. The summed E-state index contributed by atoms with van der Waals surface area (Å²) in [4.78, 5) is 11.0. The van der Waals surface area contributed by atoms with Gasteiger partial charge >= 0.3 is 5.97 Å². The molecule has 0 spiro atoms. The number of hydrogen-bond acceptors (Lipinski definition) is 4. The Hall–Kier alpha value is -0.610. The van der Waals surface area contributed by atoms with E-state index in [4.69, 9.17) is 5.11 Å². The van der Waals surface area contributed by atoms with E-state index in [0.29, 0.717) is 0 Å². The van der Waals surface area contributed by atoms with Crippen LogP contribution in [0, 0.1) is 5.92 Å². The van der Waals surface area contributed by atoms with Gasteiger partial charge < -0.3 is 15.2 Å². The first-order chi connectivity index (χ1) is 8.13. The predicted molar refractivity (Wildman–Crippen MR) is 66.7 cm³/mol. The van der Waals surface area contributed by atoms with Crippen molar-refractivity contribution in [1.82, 2.24) is 5.32 Å². The number of rotatable bonds is 1. The van der Waals surface area contributed by atoms with Crippen molar-refractivity contribution in [3.8, 4) is 0 Å². The number of carbonyl (C=O) groups is 1. The van der Waals surface area contributed by atoms with Gasteiger partial charge in [-0.1, -0.05) is 0 Å². The second-order valence-corrected chi connectivity index (χ2v) is 5.03. The van der Waals surface area contributed by atoms with E-state index in [9.17, 15) is 4.79 Å². The Bertz CT molecular complexity index is 219. The highest BCUT2D eigenvalue weighted by molar-refractivity contribution is 5.72. The number of carbonyl (C=O) groups excluding carboxylic acids is 1. The van der Waals surface area contributed by atoms with Crippen molar-refractivity contribution in [2.75, 3.05) is 13.7 Å². The Kier molecular flexibility index (Phi) is 6.52. The molecule has 4 heteroatoms. The van der Waals surface area contributed by atoms with Crippen LogP contribution in [0.4, 0.5) is 0 Å². The van der Waals surface area contributed by atoms with Crippen molar-refractivity contribution in [3.63, 3.8) is 0 Å². The Morgan fingerprint density at radius 1 is 1.24 bits per heavy atom. The van der Waals surface area contributed by atoms with Crippen LogP contribution in [0.1, 0.15) is 45.4 Å². The molecule has 1 aliphatic carbocycles. The fourth-order valence-electron chi connectivity index (χ4n) is 2.34. The Morgan fingerprint density at radius 3 is 2.24 bits per heavy atom. The van der Waals surface area contributed by atoms with Crippen molar-refractivity contribution in [3.05, 3.63) is 0 Å². The van der Waals surface area contributed by atoms with Crippen LogP contribution < -0.4 is 5.32 Å². The van der Waals surface area contributed by atoms with Gasteiger partial charge in [-0.25, -0.2) is 0 Å². The summed E-state index contributed by atoms with van der Waals surface area (Å²) >= 11 is 0. The van der Waals surface area contributed by atoms with Gasteiger partial charge in [-0.15, -0.1) is 0 Å². The Morgan fingerprint density at radius 2 is 1.88 bits per heavy atom. The quantitative estimate of drug-likeness (QED) is 0.685. The Labute approximate surface area is 104 Å². The first-order valence-corrected chi connectivity index (χ1v) is 6.62. The highest BCUT2D eigenvalue weighted by Crippen LogP contribution is 2.24. The SMILES string of the molecule is CC1CCCN1.COC(=O)C1CCC(O)CC1. The number of nitrogens with one attached hydrogen (secondary N) is 1. The summed E-state index contributed by atoms with van der Waals surface area (Å²) in [5, 5.41) is 12.4. The number of esters is 1. The molecule has 1 heterocycles. The van der Waals surface area contributed by atoms with E-state index in [2.05, 4.69) is 17.0 Å². The summed E-state index contributed by atoms with van der Waals surface area (Å²) in [5.41, 5.74) is 0. The molecule has 0 aromatic rings. The van der Waals surface area contributed by atoms with E-state index in [0.717, 1.165) is 31.7 Å². The number of aliphatic hydroxyl groups excluding tert-OH is 1. The van der Waals surface area contributed by atoms with Crippen LogP contribution in [-0.4, -0.2) is 36.9 Å². The number of hydrogen-bond donors (Lipinski definition) is 2. The van der Waals surface area contributed by atoms with E-state index < -0.39 is 0 Å². The second kappa shape index (κ2) is 7.67. The van der Waals surface area contributed by atoms with Gasteiger partial charge in [0.2, 0.25) is 0 Å². The second-order valence-electron chi connectivity index (χ2n) is 5.03. The molecule has 0 aromatic heterocycles. The van der Waals surface area contributed by atoms with Gasteiger partial charge in [-0.05, 0) is 52.0 Å². The van der Waals surface area contributed by atoms with Gasteiger partial charge in [0.1, 0.15) is 0 Å². The van der Waals surface area contributed by atoms with E-state index in [1.807, 2.05) is 0 Å². The molecule has 1 saturated heterocycles. The summed E-state index contributed by atoms with van der Waals surface area (Å²) in [6.07, 6.45) is 5.57. The zero-order valence-electron chi connectivity index (χ0n) is 10.9. The van der Waals surface area contributed by atoms with Crippen LogP contribution in [0.25, 0.3) is 0 Å². The van der Waals surface area contributed by atoms with Gasteiger partial charge in [0, 0.05) is 6.04 Å². The molecule has 2 aliphatic rings. The third-order valence-electron chi connectivity index (χ3n) is 3.54. The van der Waals surface area contributed by atoms with Crippen LogP contribution in [0.2, 0.25) is 0 Å². The molecule has 1 saturated carbocycles. The molecule has 0 aromatic carbocycles. The largest absolute Gasteiger partial charge is 0.469 e. The van der Waals surface area contributed by atoms with Crippen LogP contribution in [0.15, 0.2) is 0 Å². The molecule has 0 radical (unpaired) electrons. The minimum Gasteiger partial charge on any atom is -0.469 e. The lowest BCUT2D eigenvalue weighted by molar-refractivity contribution is -0.147. The van der Waals surface area contributed by atoms with Gasteiger partial charge in [-0.2, -0.15) is 0 Å². The van der Waals surface area contributed by atoms with Crippen LogP contribution >= 0.6 is 0 Å². The molecule has 1 aliphatic heterocycles. The average Bonchev–Trinajstić information content (AvgIpc) is 2.81. The molecule has 4 nitrogen and oxygen atoms in total. The van der Waals surface area contributed by atoms with Crippen molar-refractivity contribution >= 4 is 5.97 Å². The molecule has 100 valence electrons. The van der Waals surface area contributed by atoms with Gasteiger partial charge in [-0.3, -0.25) is 4.79 Å². The van der Waals surface area contributed by atoms with Gasteiger partial charge in [0.15, 0.2) is 0 Å². The number of methoxy groups -OCH3 is 1. The summed E-state index contributed by atoms with van der Waals surface area (Å²) < 4.78 is 4.60. The van der Waals surface area contributed by atoms with Gasteiger partial charge in [0.25, 0.3) is 0 Å². The highest BCUT2D eigenvalue weighted by atomic mass is 16.5. The standard InChI is InChI=1S/C8H14O3.C5H11N/c1-11-8(10)6-2-4-7(9)5-3-6;1-5-3-2-4-6-5/h6-7,9H,2-5H2,1H3;5-6H,2-4H2,1H3. The fourth-order valence-corrected chi connectivity index (χ4v) is 2.34. The summed E-state index contributed by atoms with van der Waals surface area (Å²) in [7, 11) is 1.41. The van der Waals surface area contributed by atoms with Crippen LogP contribution in [0.3, 0.4) is 0 Å². The molecule has 0 amide bonds. The lowest BCUT2D eigenvalue weighted by Crippen LogP contribution is -2.24. The molecule has 1 atom stereocenters. The molecular weight excluding hydrogens is 218 g/mol. The first-order valence-electron chi connectivity index (χ1n) is 6.62. The molecule has 2 fully saturated rings. The first kappa shape index (κ1) is 14.5. The molecule has 2 rings (SSSR count). The van der Waals surface area contributed by atoms with Gasteiger partial charge in [0.05, 0.1) is 19.1 Å². The van der Waals surface area contributed by atoms with Crippen LogP contribution in [-0.2, 0) is 9.53 Å². The maximum atomic E-state index is 11.0. The number of aliphatic hydroxyl groups is 1. The zero-order valence-corrected chi connectivity index (χ0v) is 10.9. The normalized spacial score (nSPS) is 32.5. The van der Waals surface area contributed by atoms with Crippen molar-refractivity contribution in [1.29, 1.82) is 0 Å². The fraction of sp³-hybridized carbons (Fsp3) is 0.923. The zero-order chi connectivity index (χ0) is 12.7. The lowest BCUT2D eigenvalue weighted by atomic mass is 9.88. The van der Waals surface area contributed by atoms with Crippen LogP contribution in [0.5, 0.6) is 0 Å². The smallest absolute Gasteiger partial charge is 0.308 e. The van der Waals surface area contributed by atoms with E-state index in [1.165, 1.54) is 26.5 Å². The summed E-state index contributed by atoms with van der Waals surface area (Å²) in [5.74, 6) is -0.0969. The topological polar surface area (TPSA) is 58.6 Å². The molecule has 1 unspecified atom stereocenters. The highest BCUT2D eigenvalue weighted by Gasteiger charge is 2.25. The van der Waals surface area contributed by atoms with E-state index >= 15 is 0 Å². The van der Waals surface area contributed by atoms with Crippen molar-refractivity contribution in [2.45, 2.75) is 57.6 Å². The maximum absolute atomic E-state index is 11.0. The molecule has 2 N–H and O–H groups in total. The average molecular weight is 243 g/mol. The monoisotopic (exact) mass is 243 g/mol. The minimum absolute atomic E-state index is 0.0309.